The van der Waals surface area contributed by atoms with Gasteiger partial charge in [-0.2, -0.15) is 13.2 Å². The molecule has 1 fully saturated rings. The Morgan fingerprint density at radius 1 is 1.24 bits per heavy atom. The van der Waals surface area contributed by atoms with Crippen molar-refractivity contribution in [1.82, 2.24) is 9.88 Å². The van der Waals surface area contributed by atoms with Crippen LogP contribution < -0.4 is 0 Å². The standard InChI is InChI=1S/C22H29F3N2OS/c1-5-28-15-21(11-10-18-8-9-19(23)29-18)13-22(24,25)27(14-21)20(3,4)17-7-6-16(2)26-12-17/h6-9,12H,5,10-11,13-15H2,1-4H3. The van der Waals surface area contributed by atoms with Gasteiger partial charge in [-0.15, -0.1) is 11.3 Å². The first-order chi connectivity index (χ1) is 13.6. The summed E-state index contributed by atoms with van der Waals surface area (Å²) in [7, 11) is 0. The average molecular weight is 427 g/mol. The van der Waals surface area contributed by atoms with E-state index in [2.05, 4.69) is 4.98 Å². The number of hydrogen-bond donors (Lipinski definition) is 0. The fourth-order valence-electron chi connectivity index (χ4n) is 4.18. The average Bonchev–Trinajstić information content (AvgIpc) is 3.19. The van der Waals surface area contributed by atoms with E-state index in [-0.39, 0.29) is 24.7 Å². The van der Waals surface area contributed by atoms with E-state index in [0.29, 0.717) is 19.4 Å². The Kier molecular flexibility index (Phi) is 6.41. The molecule has 2 aromatic heterocycles. The van der Waals surface area contributed by atoms with Gasteiger partial charge in [0, 0.05) is 47.3 Å². The van der Waals surface area contributed by atoms with E-state index < -0.39 is 17.0 Å². The molecule has 3 rings (SSSR count). The Balaban J connectivity index is 1.86. The first-order valence-electron chi connectivity index (χ1n) is 9.99. The highest BCUT2D eigenvalue weighted by Crippen LogP contribution is 2.51. The molecule has 7 heteroatoms. The largest absolute Gasteiger partial charge is 0.381 e. The first kappa shape index (κ1) is 22.2. The van der Waals surface area contributed by atoms with Crippen molar-refractivity contribution in [3.05, 3.63) is 51.7 Å². The number of aryl methyl sites for hydroxylation is 2. The molecule has 1 unspecified atom stereocenters. The fourth-order valence-corrected chi connectivity index (χ4v) is 4.90. The molecule has 29 heavy (non-hydrogen) atoms. The number of alkyl halides is 2. The minimum Gasteiger partial charge on any atom is -0.381 e. The van der Waals surface area contributed by atoms with E-state index >= 15 is 8.78 Å². The van der Waals surface area contributed by atoms with Gasteiger partial charge in [0.05, 0.1) is 6.61 Å². The quantitative estimate of drug-likeness (QED) is 0.500. The van der Waals surface area contributed by atoms with Crippen LogP contribution in [-0.4, -0.2) is 35.7 Å². The molecule has 0 amide bonds. The second kappa shape index (κ2) is 8.36. The minimum absolute atomic E-state index is 0.217. The highest BCUT2D eigenvalue weighted by Gasteiger charge is 2.59. The number of likely N-dealkylation sites (tertiary alicyclic amines) is 1. The van der Waals surface area contributed by atoms with Crippen molar-refractivity contribution in [2.24, 2.45) is 5.41 Å². The van der Waals surface area contributed by atoms with Gasteiger partial charge >= 0.3 is 6.05 Å². The summed E-state index contributed by atoms with van der Waals surface area (Å²) in [6.07, 6.45) is 2.51. The smallest absolute Gasteiger partial charge is 0.306 e. The summed E-state index contributed by atoms with van der Waals surface area (Å²) < 4.78 is 49.6. The third-order valence-corrected chi connectivity index (χ3v) is 6.85. The summed E-state index contributed by atoms with van der Waals surface area (Å²) in [6, 6.07) is 3.92. The SMILES string of the molecule is CCOCC1(CCc2ccc(F)s2)CN(C(C)(C)c2ccc(C)nc2)C(F)(F)C1. The number of aromatic nitrogens is 1. The number of hydrogen-bond acceptors (Lipinski definition) is 4. The molecule has 0 radical (unpaired) electrons. The zero-order chi connectivity index (χ0) is 21.3. The molecule has 1 atom stereocenters. The number of pyridine rings is 1. The maximum atomic E-state index is 15.3. The van der Waals surface area contributed by atoms with E-state index in [1.165, 1.54) is 11.0 Å². The molecule has 3 nitrogen and oxygen atoms in total. The number of halogens is 3. The fraction of sp³-hybridized carbons (Fsp3) is 0.591. The minimum atomic E-state index is -2.97. The van der Waals surface area contributed by atoms with E-state index in [9.17, 15) is 4.39 Å². The van der Waals surface area contributed by atoms with E-state index in [4.69, 9.17) is 4.74 Å². The van der Waals surface area contributed by atoms with Crippen LogP contribution in [0.4, 0.5) is 13.2 Å². The summed E-state index contributed by atoms with van der Waals surface area (Å²) >= 11 is 1.08. The van der Waals surface area contributed by atoms with Crippen LogP contribution >= 0.6 is 11.3 Å². The molecular weight excluding hydrogens is 397 g/mol. The topological polar surface area (TPSA) is 25.4 Å². The molecule has 0 aliphatic carbocycles. The van der Waals surface area contributed by atoms with Gasteiger partial charge < -0.3 is 4.74 Å². The lowest BCUT2D eigenvalue weighted by molar-refractivity contribution is -0.161. The van der Waals surface area contributed by atoms with Crippen molar-refractivity contribution >= 4 is 11.3 Å². The van der Waals surface area contributed by atoms with Gasteiger partial charge in [-0.05, 0) is 64.3 Å². The van der Waals surface area contributed by atoms with Gasteiger partial charge in [-0.25, -0.2) is 4.90 Å². The normalized spacial score (nSPS) is 22.3. The first-order valence-corrected chi connectivity index (χ1v) is 10.8. The predicted octanol–water partition coefficient (Wildman–Crippen LogP) is 5.78. The lowest BCUT2D eigenvalue weighted by atomic mass is 9.82. The zero-order valence-electron chi connectivity index (χ0n) is 17.5. The Hall–Kier alpha value is -1.44. The number of ether oxygens (including phenoxy) is 1. The molecular formula is C22H29F3N2OS. The Morgan fingerprint density at radius 2 is 2.00 bits per heavy atom. The Labute approximate surface area is 174 Å². The number of nitrogens with zero attached hydrogens (tertiary/aromatic N) is 2. The van der Waals surface area contributed by atoms with Crippen LogP contribution in [0.5, 0.6) is 0 Å². The Bertz CT molecular complexity index is 822. The van der Waals surface area contributed by atoms with Crippen LogP contribution in [0.25, 0.3) is 0 Å². The molecule has 1 aliphatic heterocycles. The van der Waals surface area contributed by atoms with Crippen molar-refractivity contribution < 1.29 is 17.9 Å². The summed E-state index contributed by atoms with van der Waals surface area (Å²) in [5.41, 5.74) is 0.0460. The second-order valence-corrected chi connectivity index (χ2v) is 9.64. The predicted molar refractivity (Wildman–Crippen MR) is 110 cm³/mol. The molecule has 0 spiro atoms. The molecule has 3 heterocycles. The van der Waals surface area contributed by atoms with Crippen molar-refractivity contribution in [3.63, 3.8) is 0 Å². The van der Waals surface area contributed by atoms with Crippen molar-refractivity contribution in [3.8, 4) is 0 Å². The van der Waals surface area contributed by atoms with Crippen LogP contribution in [0.2, 0.25) is 0 Å². The van der Waals surface area contributed by atoms with Gasteiger partial charge in [-0.1, -0.05) is 6.07 Å². The van der Waals surface area contributed by atoms with E-state index in [1.54, 1.807) is 12.3 Å². The molecule has 0 bridgehead atoms. The lowest BCUT2D eigenvalue weighted by Gasteiger charge is -2.40. The van der Waals surface area contributed by atoms with Crippen molar-refractivity contribution in [2.45, 2.75) is 58.5 Å². The number of rotatable bonds is 8. The van der Waals surface area contributed by atoms with Crippen LogP contribution in [0.3, 0.4) is 0 Å². The molecule has 0 saturated carbocycles. The highest BCUT2D eigenvalue weighted by molar-refractivity contribution is 7.10. The van der Waals surface area contributed by atoms with E-state index in [0.717, 1.165) is 27.5 Å². The van der Waals surface area contributed by atoms with Gasteiger partial charge in [0.15, 0.2) is 5.13 Å². The maximum Gasteiger partial charge on any atom is 0.306 e. The third kappa shape index (κ3) is 4.84. The molecule has 1 aliphatic rings. The van der Waals surface area contributed by atoms with Crippen LogP contribution in [0, 0.1) is 17.5 Å². The Morgan fingerprint density at radius 3 is 2.59 bits per heavy atom. The summed E-state index contributed by atoms with van der Waals surface area (Å²) in [6.45, 7) is 8.35. The summed E-state index contributed by atoms with van der Waals surface area (Å²) in [4.78, 5) is 6.47. The van der Waals surface area contributed by atoms with Crippen LogP contribution in [0.1, 0.15) is 49.7 Å². The molecule has 0 N–H and O–H groups in total. The van der Waals surface area contributed by atoms with Crippen LogP contribution in [0.15, 0.2) is 30.5 Å². The maximum absolute atomic E-state index is 15.3. The summed E-state index contributed by atoms with van der Waals surface area (Å²) in [5, 5.41) is -0.245. The van der Waals surface area contributed by atoms with Gasteiger partial charge in [0.25, 0.3) is 0 Å². The number of thiophene rings is 1. The highest BCUT2D eigenvalue weighted by atomic mass is 32.1. The zero-order valence-corrected chi connectivity index (χ0v) is 18.3. The molecule has 2 aromatic rings. The molecule has 0 aromatic carbocycles. The van der Waals surface area contributed by atoms with Gasteiger partial charge in [0.2, 0.25) is 0 Å². The van der Waals surface area contributed by atoms with Crippen molar-refractivity contribution in [2.75, 3.05) is 19.8 Å². The van der Waals surface area contributed by atoms with Crippen LogP contribution in [-0.2, 0) is 16.7 Å². The monoisotopic (exact) mass is 426 g/mol. The molecule has 160 valence electrons. The molecule has 1 saturated heterocycles. The summed E-state index contributed by atoms with van der Waals surface area (Å²) in [5.74, 6) is 0. The second-order valence-electron chi connectivity index (χ2n) is 8.52. The van der Waals surface area contributed by atoms with E-state index in [1.807, 2.05) is 39.8 Å². The third-order valence-electron chi connectivity index (χ3n) is 5.91. The lowest BCUT2D eigenvalue weighted by Crippen LogP contribution is -2.49. The van der Waals surface area contributed by atoms with Crippen molar-refractivity contribution in [1.29, 1.82) is 0 Å². The van der Waals surface area contributed by atoms with Gasteiger partial charge in [-0.3, -0.25) is 4.98 Å². The van der Waals surface area contributed by atoms with Gasteiger partial charge in [0.1, 0.15) is 0 Å².